The van der Waals surface area contributed by atoms with Crippen molar-refractivity contribution in [3.63, 3.8) is 0 Å². The molecule has 0 N–H and O–H groups in total. The summed E-state index contributed by atoms with van der Waals surface area (Å²) in [5.41, 5.74) is 0.999. The first-order chi connectivity index (χ1) is 8.18. The molecule has 0 bridgehead atoms. The number of ether oxygens (including phenoxy) is 1. The van der Waals surface area contributed by atoms with Gasteiger partial charge in [-0.2, -0.15) is 0 Å². The summed E-state index contributed by atoms with van der Waals surface area (Å²) in [7, 11) is 2.09. The first kappa shape index (κ1) is 13.0. The van der Waals surface area contributed by atoms with E-state index in [0.717, 1.165) is 38.2 Å². The van der Waals surface area contributed by atoms with Gasteiger partial charge < -0.3 is 4.74 Å². The molecule has 1 aromatic carbocycles. The van der Waals surface area contributed by atoms with Crippen molar-refractivity contribution in [3.05, 3.63) is 34.1 Å². The predicted octanol–water partition coefficient (Wildman–Crippen LogP) is 3.20. The Morgan fingerprint density at radius 3 is 2.82 bits per heavy atom. The number of rotatable bonds is 3. The van der Waals surface area contributed by atoms with E-state index in [1.165, 1.54) is 6.07 Å². The summed E-state index contributed by atoms with van der Waals surface area (Å²) < 4.78 is 19.3. The van der Waals surface area contributed by atoms with Gasteiger partial charge in [0.1, 0.15) is 5.82 Å². The Hall–Kier alpha value is -0.450. The largest absolute Gasteiger partial charge is 0.381 e. The first-order valence-electron chi connectivity index (χ1n) is 5.89. The molecule has 2 rings (SSSR count). The van der Waals surface area contributed by atoms with Crippen molar-refractivity contribution in [2.75, 3.05) is 20.3 Å². The number of halogens is 2. The third kappa shape index (κ3) is 3.27. The van der Waals surface area contributed by atoms with Gasteiger partial charge in [0, 0.05) is 25.8 Å². The van der Waals surface area contributed by atoms with Gasteiger partial charge in [-0.15, -0.1) is 0 Å². The third-order valence-electron chi connectivity index (χ3n) is 3.27. The molecule has 0 aliphatic carbocycles. The van der Waals surface area contributed by atoms with Gasteiger partial charge in [-0.25, -0.2) is 4.39 Å². The van der Waals surface area contributed by atoms with E-state index in [1.54, 1.807) is 6.07 Å². The van der Waals surface area contributed by atoms with Gasteiger partial charge in [-0.1, -0.05) is 12.1 Å². The van der Waals surface area contributed by atoms with Crippen LogP contribution < -0.4 is 0 Å². The number of hydrogen-bond acceptors (Lipinski definition) is 2. The molecule has 1 aliphatic rings. The van der Waals surface area contributed by atoms with E-state index in [0.29, 0.717) is 10.5 Å². The maximum atomic E-state index is 13.4. The Morgan fingerprint density at radius 1 is 1.41 bits per heavy atom. The lowest BCUT2D eigenvalue weighted by Crippen LogP contribution is -2.36. The number of hydrogen-bond donors (Lipinski definition) is 0. The van der Waals surface area contributed by atoms with Crippen molar-refractivity contribution in [3.8, 4) is 0 Å². The normalized spacial score (nSPS) is 17.6. The fraction of sp³-hybridized carbons (Fsp3) is 0.538. The Morgan fingerprint density at radius 2 is 2.12 bits per heavy atom. The van der Waals surface area contributed by atoms with Crippen LogP contribution in [-0.2, 0) is 11.3 Å². The topological polar surface area (TPSA) is 12.5 Å². The zero-order chi connectivity index (χ0) is 12.3. The van der Waals surface area contributed by atoms with Crippen LogP contribution in [0.3, 0.4) is 0 Å². The second kappa shape index (κ2) is 5.94. The van der Waals surface area contributed by atoms with Crippen LogP contribution in [0.4, 0.5) is 4.39 Å². The molecular weight excluding hydrogens is 285 g/mol. The molecule has 1 heterocycles. The minimum atomic E-state index is -0.192. The Kier molecular flexibility index (Phi) is 4.54. The summed E-state index contributed by atoms with van der Waals surface area (Å²) in [6, 6.07) is 5.73. The fourth-order valence-electron chi connectivity index (χ4n) is 2.19. The highest BCUT2D eigenvalue weighted by Gasteiger charge is 2.19. The van der Waals surface area contributed by atoms with Crippen LogP contribution >= 0.6 is 15.9 Å². The standard InChI is InChI=1S/C13H17BrFNO/c1-16(11-5-7-17-8-6-11)9-10-3-2-4-12(15)13(10)14/h2-4,11H,5-9H2,1H3. The molecule has 1 aromatic rings. The molecule has 2 nitrogen and oxygen atoms in total. The number of nitrogens with zero attached hydrogens (tertiary/aromatic N) is 1. The van der Waals surface area contributed by atoms with Crippen molar-refractivity contribution >= 4 is 15.9 Å². The van der Waals surface area contributed by atoms with Crippen molar-refractivity contribution in [1.82, 2.24) is 4.90 Å². The van der Waals surface area contributed by atoms with Gasteiger partial charge in [-0.05, 0) is 47.4 Å². The Balaban J connectivity index is 2.01. The average Bonchev–Trinajstić information content (AvgIpc) is 2.36. The van der Waals surface area contributed by atoms with Crippen LogP contribution in [0.5, 0.6) is 0 Å². The fourth-order valence-corrected chi connectivity index (χ4v) is 2.58. The van der Waals surface area contributed by atoms with Crippen LogP contribution in [0.2, 0.25) is 0 Å². The maximum absolute atomic E-state index is 13.4. The molecule has 0 radical (unpaired) electrons. The Labute approximate surface area is 110 Å². The SMILES string of the molecule is CN(Cc1cccc(F)c1Br)C1CCOCC1. The summed E-state index contributed by atoms with van der Waals surface area (Å²) in [6.07, 6.45) is 2.12. The molecule has 4 heteroatoms. The average molecular weight is 302 g/mol. The van der Waals surface area contributed by atoms with Gasteiger partial charge in [0.25, 0.3) is 0 Å². The quantitative estimate of drug-likeness (QED) is 0.850. The molecule has 0 saturated carbocycles. The van der Waals surface area contributed by atoms with Crippen molar-refractivity contribution in [1.29, 1.82) is 0 Å². The van der Waals surface area contributed by atoms with E-state index in [4.69, 9.17) is 4.74 Å². The lowest BCUT2D eigenvalue weighted by molar-refractivity contribution is 0.0406. The molecule has 0 amide bonds. The summed E-state index contributed by atoms with van der Waals surface area (Å²) in [5.74, 6) is -0.192. The molecule has 0 spiro atoms. The zero-order valence-corrected chi connectivity index (χ0v) is 11.5. The van der Waals surface area contributed by atoms with E-state index >= 15 is 0 Å². The molecule has 1 saturated heterocycles. The maximum Gasteiger partial charge on any atom is 0.137 e. The van der Waals surface area contributed by atoms with Crippen molar-refractivity contribution in [2.24, 2.45) is 0 Å². The second-order valence-corrected chi connectivity index (χ2v) is 5.26. The smallest absolute Gasteiger partial charge is 0.137 e. The minimum absolute atomic E-state index is 0.192. The van der Waals surface area contributed by atoms with Gasteiger partial charge in [-0.3, -0.25) is 4.90 Å². The highest BCUT2D eigenvalue weighted by molar-refractivity contribution is 9.10. The van der Waals surface area contributed by atoms with Gasteiger partial charge in [0.05, 0.1) is 4.47 Å². The van der Waals surface area contributed by atoms with E-state index < -0.39 is 0 Å². The lowest BCUT2D eigenvalue weighted by Gasteiger charge is -2.31. The van der Waals surface area contributed by atoms with Crippen molar-refractivity contribution < 1.29 is 9.13 Å². The highest BCUT2D eigenvalue weighted by Crippen LogP contribution is 2.23. The van der Waals surface area contributed by atoms with Gasteiger partial charge in [0.15, 0.2) is 0 Å². The number of benzene rings is 1. The molecule has 1 fully saturated rings. The van der Waals surface area contributed by atoms with E-state index in [9.17, 15) is 4.39 Å². The summed E-state index contributed by atoms with van der Waals surface area (Å²) in [5, 5.41) is 0. The molecular formula is C13H17BrFNO. The van der Waals surface area contributed by atoms with E-state index in [-0.39, 0.29) is 5.82 Å². The second-order valence-electron chi connectivity index (χ2n) is 4.47. The summed E-state index contributed by atoms with van der Waals surface area (Å²) in [6.45, 7) is 2.43. The van der Waals surface area contributed by atoms with Crippen molar-refractivity contribution in [2.45, 2.75) is 25.4 Å². The molecule has 1 aliphatic heterocycles. The van der Waals surface area contributed by atoms with Gasteiger partial charge in [0.2, 0.25) is 0 Å². The Bertz CT molecular complexity index is 380. The minimum Gasteiger partial charge on any atom is -0.381 e. The molecule has 94 valence electrons. The van der Waals surface area contributed by atoms with Gasteiger partial charge >= 0.3 is 0 Å². The third-order valence-corrected chi connectivity index (χ3v) is 4.15. The molecule has 17 heavy (non-hydrogen) atoms. The molecule has 0 atom stereocenters. The van der Waals surface area contributed by atoms with E-state index in [1.807, 2.05) is 6.07 Å². The summed E-state index contributed by atoms with van der Waals surface area (Å²) in [4.78, 5) is 2.28. The van der Waals surface area contributed by atoms with Crippen LogP contribution in [-0.4, -0.2) is 31.2 Å². The van der Waals surface area contributed by atoms with E-state index in [2.05, 4.69) is 27.9 Å². The molecule has 0 unspecified atom stereocenters. The first-order valence-corrected chi connectivity index (χ1v) is 6.68. The predicted molar refractivity (Wildman–Crippen MR) is 69.4 cm³/mol. The lowest BCUT2D eigenvalue weighted by atomic mass is 10.1. The van der Waals surface area contributed by atoms with Crippen LogP contribution in [0.15, 0.2) is 22.7 Å². The van der Waals surface area contributed by atoms with Crippen LogP contribution in [0.1, 0.15) is 18.4 Å². The highest BCUT2D eigenvalue weighted by atomic mass is 79.9. The molecule has 0 aromatic heterocycles. The summed E-state index contributed by atoms with van der Waals surface area (Å²) >= 11 is 3.31. The van der Waals surface area contributed by atoms with Crippen LogP contribution in [0.25, 0.3) is 0 Å². The van der Waals surface area contributed by atoms with Crippen LogP contribution in [0, 0.1) is 5.82 Å². The zero-order valence-electron chi connectivity index (χ0n) is 9.96. The monoisotopic (exact) mass is 301 g/mol.